The van der Waals surface area contributed by atoms with Crippen molar-refractivity contribution in [3.63, 3.8) is 0 Å². The van der Waals surface area contributed by atoms with E-state index in [1.165, 1.54) is 0 Å². The van der Waals surface area contributed by atoms with Crippen LogP contribution in [0.2, 0.25) is 0 Å². The lowest BCUT2D eigenvalue weighted by atomic mass is 10.3. The molecule has 0 bridgehead atoms. The van der Waals surface area contributed by atoms with Gasteiger partial charge in [-0.3, -0.25) is 0 Å². The Morgan fingerprint density at radius 1 is 1.23 bits per heavy atom. The minimum atomic E-state index is -0.416. The maximum absolute atomic E-state index is 5.82. The molecule has 1 rings (SSSR count). The zero-order valence-corrected chi connectivity index (χ0v) is 8.49. The number of para-hydroxylation sites is 1. The molecule has 0 aliphatic heterocycles. The van der Waals surface area contributed by atoms with E-state index in [-0.39, 0.29) is 6.10 Å². The van der Waals surface area contributed by atoms with E-state index >= 15 is 0 Å². The molecule has 0 N–H and O–H groups in total. The van der Waals surface area contributed by atoms with Crippen LogP contribution < -0.4 is 4.74 Å². The molecular weight excluding hydrogens is 188 g/mol. The molecule has 1 aromatic rings. The lowest BCUT2D eigenvalue weighted by Crippen LogP contribution is -2.25. The summed E-state index contributed by atoms with van der Waals surface area (Å²) in [6.07, 6.45) is -0.158. The second-order valence-electron chi connectivity index (χ2n) is 2.72. The standard InChI is InChI=1S/C10H13ClO2/c1-8(10(11)12-2)13-9-6-4-3-5-7-9/h3-8,10H,1-2H3. The zero-order chi connectivity index (χ0) is 9.68. The third-order valence-electron chi connectivity index (χ3n) is 1.66. The Kier molecular flexibility index (Phi) is 4.06. The molecule has 0 aliphatic rings. The molecular formula is C10H13ClO2. The Morgan fingerprint density at radius 3 is 2.38 bits per heavy atom. The fourth-order valence-corrected chi connectivity index (χ4v) is 1.01. The highest BCUT2D eigenvalue weighted by molar-refractivity contribution is 6.20. The quantitative estimate of drug-likeness (QED) is 0.696. The molecule has 2 unspecified atom stereocenters. The summed E-state index contributed by atoms with van der Waals surface area (Å²) in [6, 6.07) is 9.54. The van der Waals surface area contributed by atoms with Crippen molar-refractivity contribution in [1.82, 2.24) is 0 Å². The van der Waals surface area contributed by atoms with Gasteiger partial charge in [0.05, 0.1) is 0 Å². The summed E-state index contributed by atoms with van der Waals surface area (Å²) in [7, 11) is 1.56. The largest absolute Gasteiger partial charge is 0.487 e. The van der Waals surface area contributed by atoms with Crippen molar-refractivity contribution in [2.24, 2.45) is 0 Å². The van der Waals surface area contributed by atoms with Crippen molar-refractivity contribution in [2.45, 2.75) is 18.6 Å². The molecule has 0 saturated heterocycles. The van der Waals surface area contributed by atoms with Gasteiger partial charge in [0.15, 0.2) is 5.56 Å². The third kappa shape index (κ3) is 3.25. The van der Waals surface area contributed by atoms with Crippen molar-refractivity contribution in [2.75, 3.05) is 7.11 Å². The van der Waals surface area contributed by atoms with E-state index in [1.807, 2.05) is 37.3 Å². The fourth-order valence-electron chi connectivity index (χ4n) is 0.959. The molecule has 2 nitrogen and oxygen atoms in total. The van der Waals surface area contributed by atoms with Gasteiger partial charge in [0, 0.05) is 7.11 Å². The number of alkyl halides is 1. The SMILES string of the molecule is COC(Cl)C(C)Oc1ccccc1. The van der Waals surface area contributed by atoms with Gasteiger partial charge in [0.25, 0.3) is 0 Å². The smallest absolute Gasteiger partial charge is 0.167 e. The van der Waals surface area contributed by atoms with Crippen LogP contribution in [0, 0.1) is 0 Å². The summed E-state index contributed by atoms with van der Waals surface area (Å²) < 4.78 is 10.4. The Hall–Kier alpha value is -0.730. The van der Waals surface area contributed by atoms with Gasteiger partial charge >= 0.3 is 0 Å². The van der Waals surface area contributed by atoms with E-state index in [0.29, 0.717) is 0 Å². The molecule has 0 aliphatic carbocycles. The molecule has 0 saturated carbocycles. The maximum atomic E-state index is 5.82. The Bertz CT molecular complexity index is 238. The maximum Gasteiger partial charge on any atom is 0.167 e. The summed E-state index contributed by atoms with van der Waals surface area (Å²) in [4.78, 5) is 0. The first-order valence-electron chi connectivity index (χ1n) is 4.12. The monoisotopic (exact) mass is 200 g/mol. The van der Waals surface area contributed by atoms with Crippen LogP contribution in [0.1, 0.15) is 6.92 Å². The summed E-state index contributed by atoms with van der Waals surface area (Å²) >= 11 is 5.82. The van der Waals surface area contributed by atoms with Gasteiger partial charge in [0.2, 0.25) is 0 Å². The molecule has 2 atom stereocenters. The van der Waals surface area contributed by atoms with Gasteiger partial charge in [-0.15, -0.1) is 0 Å². The van der Waals surface area contributed by atoms with Gasteiger partial charge in [-0.2, -0.15) is 0 Å². The van der Waals surface area contributed by atoms with Crippen molar-refractivity contribution in [1.29, 1.82) is 0 Å². The first-order valence-corrected chi connectivity index (χ1v) is 4.56. The molecule has 72 valence electrons. The average Bonchev–Trinajstić information content (AvgIpc) is 2.18. The molecule has 0 radical (unpaired) electrons. The molecule has 0 heterocycles. The summed E-state index contributed by atoms with van der Waals surface area (Å²) in [6.45, 7) is 1.87. The second-order valence-corrected chi connectivity index (χ2v) is 3.15. The van der Waals surface area contributed by atoms with Crippen molar-refractivity contribution in [3.8, 4) is 5.75 Å². The van der Waals surface area contributed by atoms with Crippen LogP contribution in [-0.2, 0) is 4.74 Å². The van der Waals surface area contributed by atoms with E-state index < -0.39 is 5.56 Å². The summed E-state index contributed by atoms with van der Waals surface area (Å²) in [5, 5.41) is 0. The van der Waals surface area contributed by atoms with Gasteiger partial charge in [-0.25, -0.2) is 0 Å². The van der Waals surface area contributed by atoms with Crippen LogP contribution in [0.15, 0.2) is 30.3 Å². The lowest BCUT2D eigenvalue weighted by molar-refractivity contribution is 0.0631. The van der Waals surface area contributed by atoms with E-state index in [4.69, 9.17) is 21.1 Å². The minimum Gasteiger partial charge on any atom is -0.487 e. The third-order valence-corrected chi connectivity index (χ3v) is 2.19. The van der Waals surface area contributed by atoms with Crippen LogP contribution >= 0.6 is 11.6 Å². The number of halogens is 1. The molecule has 13 heavy (non-hydrogen) atoms. The highest BCUT2D eigenvalue weighted by atomic mass is 35.5. The first kappa shape index (κ1) is 10.4. The van der Waals surface area contributed by atoms with E-state index in [0.717, 1.165) is 5.75 Å². The first-order chi connectivity index (χ1) is 6.24. The number of ether oxygens (including phenoxy) is 2. The number of benzene rings is 1. The van der Waals surface area contributed by atoms with Crippen molar-refractivity contribution < 1.29 is 9.47 Å². The second kappa shape index (κ2) is 5.10. The highest BCUT2D eigenvalue weighted by Crippen LogP contribution is 2.14. The number of hydrogen-bond donors (Lipinski definition) is 0. The normalized spacial score (nSPS) is 15.0. The van der Waals surface area contributed by atoms with Crippen LogP contribution in [0.25, 0.3) is 0 Å². The summed E-state index contributed by atoms with van der Waals surface area (Å²) in [5.74, 6) is 0.803. The van der Waals surface area contributed by atoms with Crippen LogP contribution in [0.3, 0.4) is 0 Å². The van der Waals surface area contributed by atoms with Gasteiger partial charge in [-0.1, -0.05) is 29.8 Å². The number of hydrogen-bond acceptors (Lipinski definition) is 2. The van der Waals surface area contributed by atoms with E-state index in [9.17, 15) is 0 Å². The average molecular weight is 201 g/mol. The van der Waals surface area contributed by atoms with Crippen molar-refractivity contribution in [3.05, 3.63) is 30.3 Å². The molecule has 0 aromatic heterocycles. The fraction of sp³-hybridized carbons (Fsp3) is 0.400. The Morgan fingerprint density at radius 2 is 1.85 bits per heavy atom. The predicted molar refractivity (Wildman–Crippen MR) is 53.2 cm³/mol. The lowest BCUT2D eigenvalue weighted by Gasteiger charge is -2.18. The molecule has 0 spiro atoms. The topological polar surface area (TPSA) is 18.5 Å². The molecule has 1 aromatic carbocycles. The highest BCUT2D eigenvalue weighted by Gasteiger charge is 2.14. The number of rotatable bonds is 4. The zero-order valence-electron chi connectivity index (χ0n) is 7.74. The Balaban J connectivity index is 2.50. The molecule has 0 amide bonds. The van der Waals surface area contributed by atoms with E-state index in [1.54, 1.807) is 7.11 Å². The minimum absolute atomic E-state index is 0.158. The molecule has 3 heteroatoms. The van der Waals surface area contributed by atoms with Gasteiger partial charge in [0.1, 0.15) is 11.9 Å². The van der Waals surface area contributed by atoms with Gasteiger partial charge < -0.3 is 9.47 Å². The van der Waals surface area contributed by atoms with Crippen molar-refractivity contribution >= 4 is 11.6 Å². The summed E-state index contributed by atoms with van der Waals surface area (Å²) in [5.41, 5.74) is -0.416. The predicted octanol–water partition coefficient (Wildman–Crippen LogP) is 2.67. The van der Waals surface area contributed by atoms with E-state index in [2.05, 4.69) is 0 Å². The Labute approximate surface area is 83.4 Å². The van der Waals surface area contributed by atoms with Crippen LogP contribution in [-0.4, -0.2) is 18.8 Å². The van der Waals surface area contributed by atoms with Crippen LogP contribution in [0.5, 0.6) is 5.75 Å². The number of methoxy groups -OCH3 is 1. The van der Waals surface area contributed by atoms with Crippen LogP contribution in [0.4, 0.5) is 0 Å². The molecule has 0 fully saturated rings. The van der Waals surface area contributed by atoms with Gasteiger partial charge in [-0.05, 0) is 19.1 Å².